The van der Waals surface area contributed by atoms with Crippen LogP contribution < -0.4 is 4.74 Å². The first kappa shape index (κ1) is 17.5. The van der Waals surface area contributed by atoms with Crippen molar-refractivity contribution >= 4 is 17.5 Å². The first-order valence-electron chi connectivity index (χ1n) is 7.39. The van der Waals surface area contributed by atoms with Crippen molar-refractivity contribution < 1.29 is 23.9 Å². The molecule has 0 aliphatic rings. The lowest BCUT2D eigenvalue weighted by Crippen LogP contribution is -2.15. The summed E-state index contributed by atoms with van der Waals surface area (Å²) in [5.74, 6) is -0.587. The number of ether oxygens (including phenoxy) is 2. The standard InChI is InChI=1S/C18H19NO5/c1-10-16(12(3)20)11(2)19-17(10)18(22)24-9-15(21)13-6-5-7-14(8-13)23-4/h5-8,19H,9H2,1-4H3. The van der Waals surface area contributed by atoms with E-state index in [-0.39, 0.29) is 23.9 Å². The van der Waals surface area contributed by atoms with Gasteiger partial charge >= 0.3 is 5.97 Å². The zero-order chi connectivity index (χ0) is 17.9. The zero-order valence-corrected chi connectivity index (χ0v) is 14.1. The number of nitrogens with one attached hydrogen (secondary N) is 1. The van der Waals surface area contributed by atoms with Gasteiger partial charge in [0, 0.05) is 16.8 Å². The van der Waals surface area contributed by atoms with Gasteiger partial charge in [-0.25, -0.2) is 4.79 Å². The summed E-state index contributed by atoms with van der Waals surface area (Å²) in [6.45, 7) is 4.42. The molecule has 0 aliphatic carbocycles. The molecule has 0 spiro atoms. The van der Waals surface area contributed by atoms with E-state index >= 15 is 0 Å². The van der Waals surface area contributed by atoms with Gasteiger partial charge in [-0.2, -0.15) is 0 Å². The van der Waals surface area contributed by atoms with Crippen LogP contribution in [0.25, 0.3) is 0 Å². The van der Waals surface area contributed by atoms with E-state index in [0.717, 1.165) is 0 Å². The van der Waals surface area contributed by atoms with Gasteiger partial charge in [0.05, 0.1) is 7.11 Å². The molecule has 0 aliphatic heterocycles. The van der Waals surface area contributed by atoms with E-state index < -0.39 is 5.97 Å². The highest BCUT2D eigenvalue weighted by atomic mass is 16.5. The number of rotatable bonds is 6. The van der Waals surface area contributed by atoms with Crippen LogP contribution in [0, 0.1) is 13.8 Å². The fraction of sp³-hybridized carbons (Fsp3) is 0.278. The SMILES string of the molecule is COc1cccc(C(=O)COC(=O)c2[nH]c(C)c(C(C)=O)c2C)c1. The smallest absolute Gasteiger partial charge is 0.355 e. The maximum absolute atomic E-state index is 12.2. The van der Waals surface area contributed by atoms with Gasteiger partial charge in [0.2, 0.25) is 0 Å². The minimum atomic E-state index is -0.667. The maximum atomic E-state index is 12.2. The lowest BCUT2D eigenvalue weighted by Gasteiger charge is -2.06. The second kappa shape index (κ2) is 7.12. The van der Waals surface area contributed by atoms with Crippen molar-refractivity contribution in [2.75, 3.05) is 13.7 Å². The normalized spacial score (nSPS) is 10.3. The summed E-state index contributed by atoms with van der Waals surface area (Å²) in [6, 6.07) is 6.60. The number of aromatic amines is 1. The summed E-state index contributed by atoms with van der Waals surface area (Å²) in [4.78, 5) is 38.7. The fourth-order valence-corrected chi connectivity index (χ4v) is 2.57. The predicted molar refractivity (Wildman–Crippen MR) is 87.9 cm³/mol. The Labute approximate surface area is 139 Å². The van der Waals surface area contributed by atoms with Crippen LogP contribution >= 0.6 is 0 Å². The van der Waals surface area contributed by atoms with Crippen LogP contribution in [0.15, 0.2) is 24.3 Å². The van der Waals surface area contributed by atoms with Crippen LogP contribution in [-0.4, -0.2) is 36.2 Å². The number of ketones is 2. The number of esters is 1. The monoisotopic (exact) mass is 329 g/mol. The third-order valence-electron chi connectivity index (χ3n) is 3.72. The van der Waals surface area contributed by atoms with Crippen LogP contribution in [0.1, 0.15) is 49.4 Å². The van der Waals surface area contributed by atoms with E-state index in [4.69, 9.17) is 9.47 Å². The first-order chi connectivity index (χ1) is 11.3. The number of methoxy groups -OCH3 is 1. The number of H-pyrrole nitrogens is 1. The van der Waals surface area contributed by atoms with Crippen molar-refractivity contribution in [3.05, 3.63) is 52.3 Å². The Kier molecular flexibility index (Phi) is 5.18. The largest absolute Gasteiger partial charge is 0.497 e. The van der Waals surface area contributed by atoms with Crippen LogP contribution in [0.3, 0.4) is 0 Å². The van der Waals surface area contributed by atoms with Gasteiger partial charge in [0.1, 0.15) is 11.4 Å². The molecule has 0 radical (unpaired) electrons. The number of aromatic nitrogens is 1. The minimum Gasteiger partial charge on any atom is -0.497 e. The molecule has 0 saturated heterocycles. The molecule has 6 heteroatoms. The Hall–Kier alpha value is -2.89. The third-order valence-corrected chi connectivity index (χ3v) is 3.72. The Balaban J connectivity index is 2.09. The van der Waals surface area contributed by atoms with Gasteiger partial charge in [-0.15, -0.1) is 0 Å². The Morgan fingerprint density at radius 1 is 1.17 bits per heavy atom. The van der Waals surface area contributed by atoms with Gasteiger partial charge in [-0.1, -0.05) is 12.1 Å². The number of hydrogen-bond acceptors (Lipinski definition) is 5. The molecule has 2 aromatic rings. The van der Waals surface area contributed by atoms with Crippen molar-refractivity contribution in [2.24, 2.45) is 0 Å². The molecule has 126 valence electrons. The van der Waals surface area contributed by atoms with E-state index in [1.165, 1.54) is 14.0 Å². The molecule has 1 heterocycles. The van der Waals surface area contributed by atoms with Crippen molar-refractivity contribution in [3.63, 3.8) is 0 Å². The summed E-state index contributed by atoms with van der Waals surface area (Å²) >= 11 is 0. The summed E-state index contributed by atoms with van der Waals surface area (Å²) < 4.78 is 10.1. The number of benzene rings is 1. The lowest BCUT2D eigenvalue weighted by atomic mass is 10.1. The number of carbonyl (C=O) groups is 3. The van der Waals surface area contributed by atoms with Gasteiger partial charge in [0.25, 0.3) is 0 Å². The fourth-order valence-electron chi connectivity index (χ4n) is 2.57. The predicted octanol–water partition coefficient (Wildman–Crippen LogP) is 2.88. The second-order valence-electron chi connectivity index (χ2n) is 5.41. The van der Waals surface area contributed by atoms with Crippen LogP contribution in [-0.2, 0) is 4.74 Å². The molecule has 1 aromatic heterocycles. The second-order valence-corrected chi connectivity index (χ2v) is 5.41. The van der Waals surface area contributed by atoms with Crippen LogP contribution in [0.5, 0.6) is 5.75 Å². The lowest BCUT2D eigenvalue weighted by molar-refractivity contribution is 0.0468. The van der Waals surface area contributed by atoms with Crippen LogP contribution in [0.4, 0.5) is 0 Å². The Morgan fingerprint density at radius 2 is 1.88 bits per heavy atom. The van der Waals surface area contributed by atoms with E-state index in [2.05, 4.69) is 4.98 Å². The summed E-state index contributed by atoms with van der Waals surface area (Å²) in [5, 5.41) is 0. The number of aryl methyl sites for hydroxylation is 1. The molecule has 0 bridgehead atoms. The summed E-state index contributed by atoms with van der Waals surface area (Å²) in [7, 11) is 1.51. The molecule has 24 heavy (non-hydrogen) atoms. The molecule has 1 aromatic carbocycles. The van der Waals surface area contributed by atoms with E-state index in [1.807, 2.05) is 0 Å². The molecule has 0 fully saturated rings. The molecule has 0 unspecified atom stereocenters. The molecule has 0 atom stereocenters. The van der Waals surface area contributed by atoms with E-state index in [9.17, 15) is 14.4 Å². The highest BCUT2D eigenvalue weighted by Crippen LogP contribution is 2.19. The number of carbonyl (C=O) groups excluding carboxylic acids is 3. The molecule has 2 rings (SSSR count). The molecule has 0 amide bonds. The Bertz CT molecular complexity index is 804. The molecular formula is C18H19NO5. The summed E-state index contributed by atoms with van der Waals surface area (Å²) in [6.07, 6.45) is 0. The minimum absolute atomic E-state index is 0.132. The molecule has 0 saturated carbocycles. The average Bonchev–Trinajstić information content (AvgIpc) is 2.87. The molecular weight excluding hydrogens is 310 g/mol. The number of Topliss-reactive ketones (excluding diaryl/α,β-unsaturated/α-hetero) is 2. The highest BCUT2D eigenvalue weighted by molar-refractivity contribution is 6.02. The van der Waals surface area contributed by atoms with Gasteiger partial charge < -0.3 is 14.5 Å². The quantitative estimate of drug-likeness (QED) is 0.650. The van der Waals surface area contributed by atoms with E-state index in [0.29, 0.717) is 28.1 Å². The molecule has 6 nitrogen and oxygen atoms in total. The first-order valence-corrected chi connectivity index (χ1v) is 7.39. The van der Waals surface area contributed by atoms with Gasteiger partial charge in [0.15, 0.2) is 18.2 Å². The zero-order valence-electron chi connectivity index (χ0n) is 14.1. The molecule has 1 N–H and O–H groups in total. The van der Waals surface area contributed by atoms with Crippen molar-refractivity contribution in [3.8, 4) is 5.75 Å². The van der Waals surface area contributed by atoms with Crippen molar-refractivity contribution in [1.29, 1.82) is 0 Å². The third kappa shape index (κ3) is 3.53. The van der Waals surface area contributed by atoms with Crippen LogP contribution in [0.2, 0.25) is 0 Å². The summed E-state index contributed by atoms with van der Waals surface area (Å²) in [5.41, 5.74) is 2.19. The van der Waals surface area contributed by atoms with E-state index in [1.54, 1.807) is 38.1 Å². The Morgan fingerprint density at radius 3 is 2.46 bits per heavy atom. The average molecular weight is 329 g/mol. The number of hydrogen-bond donors (Lipinski definition) is 1. The van der Waals surface area contributed by atoms with Crippen molar-refractivity contribution in [2.45, 2.75) is 20.8 Å². The topological polar surface area (TPSA) is 85.5 Å². The maximum Gasteiger partial charge on any atom is 0.355 e. The van der Waals surface area contributed by atoms with Gasteiger partial charge in [-0.3, -0.25) is 9.59 Å². The van der Waals surface area contributed by atoms with Crippen molar-refractivity contribution in [1.82, 2.24) is 4.98 Å². The van der Waals surface area contributed by atoms with Gasteiger partial charge in [-0.05, 0) is 38.5 Å². The highest BCUT2D eigenvalue weighted by Gasteiger charge is 2.21.